The molecule has 0 aliphatic carbocycles. The minimum atomic E-state index is -0.343. The average Bonchev–Trinajstić information content (AvgIpc) is 2.39. The maximum atomic E-state index is 10.9. The molecule has 1 amide bonds. The molecule has 5 nitrogen and oxygen atoms in total. The zero-order valence-corrected chi connectivity index (χ0v) is 12.4. The van der Waals surface area contributed by atoms with Crippen LogP contribution in [0.1, 0.15) is 0 Å². The van der Waals surface area contributed by atoms with E-state index in [9.17, 15) is 4.79 Å². The van der Waals surface area contributed by atoms with Crippen LogP contribution in [0.5, 0.6) is 5.75 Å². The van der Waals surface area contributed by atoms with Crippen molar-refractivity contribution in [3.8, 4) is 5.75 Å². The second-order valence-electron chi connectivity index (χ2n) is 4.58. The van der Waals surface area contributed by atoms with Crippen molar-refractivity contribution in [1.82, 2.24) is 4.90 Å². The molecule has 1 atom stereocenters. The second kappa shape index (κ2) is 7.13. The highest BCUT2D eigenvalue weighted by Crippen LogP contribution is 2.28. The summed E-state index contributed by atoms with van der Waals surface area (Å²) in [7, 11) is 0. The van der Waals surface area contributed by atoms with Gasteiger partial charge in [0.05, 0.1) is 18.2 Å². The molecule has 1 aliphatic rings. The molecule has 0 bridgehead atoms. The summed E-state index contributed by atoms with van der Waals surface area (Å²) < 4.78 is 11.2. The fraction of sp³-hybridized carbons (Fsp3) is 0.462. The lowest BCUT2D eigenvalue weighted by Crippen LogP contribution is -2.47. The molecule has 2 N–H and O–H groups in total. The maximum Gasteiger partial charge on any atom is 0.231 e. The van der Waals surface area contributed by atoms with Crippen LogP contribution in [0.25, 0.3) is 0 Å². The summed E-state index contributed by atoms with van der Waals surface area (Å²) in [5.41, 5.74) is 5.19. The van der Waals surface area contributed by atoms with Crippen LogP contribution in [0, 0.1) is 0 Å². The first-order valence-corrected chi connectivity index (χ1v) is 7.00. The summed E-state index contributed by atoms with van der Waals surface area (Å²) >= 11 is 11.9. The van der Waals surface area contributed by atoms with Crippen molar-refractivity contribution in [2.45, 2.75) is 6.10 Å². The normalized spacial score (nSPS) is 19.8. The van der Waals surface area contributed by atoms with Gasteiger partial charge in [-0.3, -0.25) is 9.69 Å². The van der Waals surface area contributed by atoms with Gasteiger partial charge < -0.3 is 15.2 Å². The van der Waals surface area contributed by atoms with E-state index in [2.05, 4.69) is 0 Å². The number of carbonyl (C=O) groups excluding carboxylic acids is 1. The third-order valence-corrected chi connectivity index (χ3v) is 3.47. The van der Waals surface area contributed by atoms with Crippen molar-refractivity contribution in [3.63, 3.8) is 0 Å². The van der Waals surface area contributed by atoms with Gasteiger partial charge in [0, 0.05) is 24.2 Å². The van der Waals surface area contributed by atoms with Crippen molar-refractivity contribution in [3.05, 3.63) is 28.2 Å². The predicted molar refractivity (Wildman–Crippen MR) is 77.3 cm³/mol. The first kappa shape index (κ1) is 15.4. The Balaban J connectivity index is 1.87. The zero-order chi connectivity index (χ0) is 14.5. The molecule has 0 saturated carbocycles. The topological polar surface area (TPSA) is 64.8 Å². The molecule has 1 fully saturated rings. The van der Waals surface area contributed by atoms with Crippen molar-refractivity contribution in [2.24, 2.45) is 5.73 Å². The molecule has 1 aromatic rings. The molecule has 1 aliphatic heterocycles. The van der Waals surface area contributed by atoms with Gasteiger partial charge in [0.1, 0.15) is 18.5 Å². The third kappa shape index (κ3) is 4.52. The van der Waals surface area contributed by atoms with Gasteiger partial charge in [0.2, 0.25) is 5.91 Å². The van der Waals surface area contributed by atoms with E-state index < -0.39 is 0 Å². The number of halogens is 2. The molecule has 7 heteroatoms. The number of nitrogens with zero attached hydrogens (tertiary/aromatic N) is 1. The van der Waals surface area contributed by atoms with E-state index >= 15 is 0 Å². The van der Waals surface area contributed by atoms with Gasteiger partial charge in [-0.2, -0.15) is 0 Å². The monoisotopic (exact) mass is 318 g/mol. The van der Waals surface area contributed by atoms with Gasteiger partial charge in [0.15, 0.2) is 0 Å². The molecular weight excluding hydrogens is 303 g/mol. The summed E-state index contributed by atoms with van der Waals surface area (Å²) in [4.78, 5) is 12.9. The minimum Gasteiger partial charge on any atom is -0.489 e. The number of ether oxygens (including phenoxy) is 2. The summed E-state index contributed by atoms with van der Waals surface area (Å²) in [6.45, 7) is 2.41. The van der Waals surface area contributed by atoms with Crippen molar-refractivity contribution >= 4 is 29.1 Å². The number of carbonyl (C=O) groups is 1. The Morgan fingerprint density at radius 3 is 3.05 bits per heavy atom. The van der Waals surface area contributed by atoms with Crippen LogP contribution in [0.2, 0.25) is 10.0 Å². The largest absolute Gasteiger partial charge is 0.489 e. The molecule has 0 aromatic heterocycles. The maximum absolute atomic E-state index is 10.9. The van der Waals surface area contributed by atoms with E-state index in [0.29, 0.717) is 42.1 Å². The summed E-state index contributed by atoms with van der Waals surface area (Å²) in [5.74, 6) is 0.180. The van der Waals surface area contributed by atoms with Crippen LogP contribution in [-0.4, -0.2) is 49.8 Å². The molecule has 20 heavy (non-hydrogen) atoms. The number of amides is 1. The average molecular weight is 319 g/mol. The number of rotatable bonds is 5. The molecule has 1 saturated heterocycles. The van der Waals surface area contributed by atoms with Gasteiger partial charge in [-0.25, -0.2) is 0 Å². The minimum absolute atomic E-state index is 0.127. The molecular formula is C13H16Cl2N2O3. The van der Waals surface area contributed by atoms with Gasteiger partial charge in [-0.15, -0.1) is 0 Å². The van der Waals surface area contributed by atoms with Crippen LogP contribution in [0.15, 0.2) is 18.2 Å². The molecule has 2 rings (SSSR count). The van der Waals surface area contributed by atoms with E-state index in [1.54, 1.807) is 18.2 Å². The van der Waals surface area contributed by atoms with E-state index in [-0.39, 0.29) is 18.6 Å². The standard InChI is InChI=1S/C13H16Cl2N2O3/c14-9-1-2-11(15)12(5-9)20-8-10-6-17(3-4-19-10)7-13(16)18/h1-2,5,10H,3-4,6-8H2,(H2,16,18)/t10-/m1/s1. The van der Waals surface area contributed by atoms with Crippen LogP contribution in [0.4, 0.5) is 0 Å². The Morgan fingerprint density at radius 2 is 2.30 bits per heavy atom. The number of hydrogen-bond donors (Lipinski definition) is 1. The molecule has 0 unspecified atom stereocenters. The van der Waals surface area contributed by atoms with E-state index in [1.807, 2.05) is 4.90 Å². The third-order valence-electron chi connectivity index (χ3n) is 2.92. The number of nitrogens with two attached hydrogens (primary N) is 1. The Morgan fingerprint density at radius 1 is 1.50 bits per heavy atom. The fourth-order valence-corrected chi connectivity index (χ4v) is 2.35. The van der Waals surface area contributed by atoms with Gasteiger partial charge in [-0.1, -0.05) is 23.2 Å². The van der Waals surface area contributed by atoms with E-state index in [1.165, 1.54) is 0 Å². The molecule has 1 heterocycles. The SMILES string of the molecule is NC(=O)CN1CCO[C@@H](COc2cc(Cl)ccc2Cl)C1. The van der Waals surface area contributed by atoms with E-state index in [4.69, 9.17) is 38.4 Å². The lowest BCUT2D eigenvalue weighted by atomic mass is 10.2. The highest BCUT2D eigenvalue weighted by atomic mass is 35.5. The zero-order valence-electron chi connectivity index (χ0n) is 10.9. The Kier molecular flexibility index (Phi) is 5.48. The smallest absolute Gasteiger partial charge is 0.231 e. The Hall–Kier alpha value is -1.01. The summed E-state index contributed by atoms with van der Waals surface area (Å²) in [6.07, 6.45) is -0.127. The fourth-order valence-electron chi connectivity index (χ4n) is 2.02. The summed E-state index contributed by atoms with van der Waals surface area (Å²) in [6, 6.07) is 5.04. The quantitative estimate of drug-likeness (QED) is 0.894. The molecule has 0 radical (unpaired) electrons. The number of benzene rings is 1. The van der Waals surface area contributed by atoms with Crippen LogP contribution in [0.3, 0.4) is 0 Å². The lowest BCUT2D eigenvalue weighted by molar-refractivity contribution is -0.121. The second-order valence-corrected chi connectivity index (χ2v) is 5.42. The van der Waals surface area contributed by atoms with Crippen molar-refractivity contribution < 1.29 is 14.3 Å². The first-order chi connectivity index (χ1) is 9.54. The number of hydrogen-bond acceptors (Lipinski definition) is 4. The van der Waals surface area contributed by atoms with Crippen LogP contribution in [-0.2, 0) is 9.53 Å². The van der Waals surface area contributed by atoms with E-state index in [0.717, 1.165) is 0 Å². The van der Waals surface area contributed by atoms with Crippen molar-refractivity contribution in [2.75, 3.05) is 32.8 Å². The highest BCUT2D eigenvalue weighted by Gasteiger charge is 2.22. The van der Waals surface area contributed by atoms with Crippen molar-refractivity contribution in [1.29, 1.82) is 0 Å². The number of morpholine rings is 1. The van der Waals surface area contributed by atoms with Gasteiger partial charge >= 0.3 is 0 Å². The molecule has 1 aromatic carbocycles. The first-order valence-electron chi connectivity index (χ1n) is 6.24. The highest BCUT2D eigenvalue weighted by molar-refractivity contribution is 6.34. The predicted octanol–water partition coefficient (Wildman–Crippen LogP) is 1.56. The number of primary amides is 1. The lowest BCUT2D eigenvalue weighted by Gasteiger charge is -2.31. The molecule has 110 valence electrons. The van der Waals surface area contributed by atoms with Crippen LogP contribution < -0.4 is 10.5 Å². The van der Waals surface area contributed by atoms with Gasteiger partial charge in [-0.05, 0) is 12.1 Å². The molecule has 0 spiro atoms. The Bertz CT molecular complexity index is 485. The van der Waals surface area contributed by atoms with Crippen LogP contribution >= 0.6 is 23.2 Å². The Labute approximate surface area is 127 Å². The van der Waals surface area contributed by atoms with Gasteiger partial charge in [0.25, 0.3) is 0 Å². The summed E-state index contributed by atoms with van der Waals surface area (Å²) in [5, 5.41) is 1.06.